The summed E-state index contributed by atoms with van der Waals surface area (Å²) in [4.78, 5) is 17.0. The summed E-state index contributed by atoms with van der Waals surface area (Å²) in [6, 6.07) is 9.60. The molecule has 0 radical (unpaired) electrons. The highest BCUT2D eigenvalue weighted by Gasteiger charge is 2.12. The first-order valence-electron chi connectivity index (χ1n) is 7.57. The Bertz CT molecular complexity index is 1080. The molecule has 4 rings (SSSR count). The third-order valence-electron chi connectivity index (χ3n) is 4.05. The fraction of sp³-hybridized carbons (Fsp3) is 0.158. The molecule has 3 N–H and O–H groups in total. The number of carboxylic acids is 1. The van der Waals surface area contributed by atoms with E-state index in [4.69, 9.17) is 14.9 Å². The Kier molecular flexibility index (Phi) is 3.85. The Morgan fingerprint density at radius 3 is 2.46 bits per heavy atom. The van der Waals surface area contributed by atoms with Crippen LogP contribution in [-0.4, -0.2) is 26.2 Å². The van der Waals surface area contributed by atoms with Crippen molar-refractivity contribution in [2.24, 2.45) is 0 Å². The van der Waals surface area contributed by atoms with Gasteiger partial charge in [0.25, 0.3) is 5.97 Å². The molecule has 2 heterocycles. The molecule has 0 unspecified atom stereocenters. The number of pyridine rings is 1. The molecule has 0 saturated heterocycles. The number of aromatic amines is 1. The van der Waals surface area contributed by atoms with Gasteiger partial charge >= 0.3 is 0 Å². The molecule has 0 aliphatic rings. The fourth-order valence-corrected chi connectivity index (χ4v) is 2.98. The van der Waals surface area contributed by atoms with Crippen LogP contribution in [0.5, 0.6) is 5.75 Å². The zero-order valence-corrected chi connectivity index (χ0v) is 13.7. The lowest BCUT2D eigenvalue weighted by Crippen LogP contribution is -1.87. The Hall–Kier alpha value is -3.08. The van der Waals surface area contributed by atoms with Crippen molar-refractivity contribution in [1.82, 2.24) is 9.97 Å². The predicted molar refractivity (Wildman–Crippen MR) is 95.6 cm³/mol. The minimum atomic E-state index is -0.833. The van der Waals surface area contributed by atoms with E-state index in [0.29, 0.717) is 0 Å². The topological polar surface area (TPSA) is 86.2 Å². The number of rotatable bonds is 0. The second-order valence-corrected chi connectivity index (χ2v) is 5.79. The number of phenolic OH excluding ortho intramolecular Hbond substituents is 1. The molecule has 0 bridgehead atoms. The van der Waals surface area contributed by atoms with Crippen LogP contribution in [0.4, 0.5) is 0 Å². The molecule has 0 amide bonds. The van der Waals surface area contributed by atoms with Crippen LogP contribution in [-0.2, 0) is 4.79 Å². The van der Waals surface area contributed by atoms with Gasteiger partial charge in [-0.05, 0) is 55.1 Å². The van der Waals surface area contributed by atoms with Crippen LogP contribution in [0.1, 0.15) is 18.2 Å². The Balaban J connectivity index is 0.000000383. The largest absolute Gasteiger partial charge is 0.508 e. The van der Waals surface area contributed by atoms with E-state index in [-0.39, 0.29) is 5.75 Å². The van der Waals surface area contributed by atoms with E-state index in [0.717, 1.165) is 34.4 Å². The van der Waals surface area contributed by atoms with Gasteiger partial charge in [-0.2, -0.15) is 0 Å². The molecule has 0 aliphatic carbocycles. The molecule has 24 heavy (non-hydrogen) atoms. The van der Waals surface area contributed by atoms with Gasteiger partial charge in [0.1, 0.15) is 5.75 Å². The number of aryl methyl sites for hydroxylation is 2. The van der Waals surface area contributed by atoms with E-state index in [2.05, 4.69) is 31.0 Å². The molecule has 0 atom stereocenters. The maximum absolute atomic E-state index is 9.71. The van der Waals surface area contributed by atoms with E-state index < -0.39 is 5.97 Å². The van der Waals surface area contributed by atoms with Crippen molar-refractivity contribution in [3.8, 4) is 5.75 Å². The normalized spacial score (nSPS) is 10.8. The number of hydrogen-bond acceptors (Lipinski definition) is 3. The Morgan fingerprint density at radius 2 is 1.75 bits per heavy atom. The highest BCUT2D eigenvalue weighted by atomic mass is 16.4. The van der Waals surface area contributed by atoms with Crippen molar-refractivity contribution >= 4 is 38.5 Å². The van der Waals surface area contributed by atoms with Gasteiger partial charge in [0.2, 0.25) is 0 Å². The zero-order valence-electron chi connectivity index (χ0n) is 13.7. The van der Waals surface area contributed by atoms with Crippen LogP contribution in [0.25, 0.3) is 32.6 Å². The number of benzene rings is 2. The molecular formula is C19H18N2O3. The number of aromatic hydroxyl groups is 1. The quantitative estimate of drug-likeness (QED) is 0.451. The Morgan fingerprint density at radius 1 is 1.04 bits per heavy atom. The first-order valence-corrected chi connectivity index (χ1v) is 7.57. The molecule has 5 nitrogen and oxygen atoms in total. The number of H-pyrrole nitrogens is 1. The van der Waals surface area contributed by atoms with Gasteiger partial charge in [-0.15, -0.1) is 0 Å². The summed E-state index contributed by atoms with van der Waals surface area (Å²) in [7, 11) is 0. The van der Waals surface area contributed by atoms with Gasteiger partial charge < -0.3 is 15.2 Å². The summed E-state index contributed by atoms with van der Waals surface area (Å²) >= 11 is 0. The summed E-state index contributed by atoms with van der Waals surface area (Å²) in [5, 5.41) is 21.7. The van der Waals surface area contributed by atoms with Gasteiger partial charge in [0.15, 0.2) is 0 Å². The molecule has 5 heteroatoms. The standard InChI is InChI=1S/C17H14N2O.C2H4O2/c1-9-12-5-6-18-10(2)13(12)8-15-14-7-11(20)3-4-16(14)19-17(9)15;1-2(3)4/h3-8,18,20H,1-2H3;1H3,(H,3,4). The molecule has 2 aromatic heterocycles. The average Bonchev–Trinajstić information content (AvgIpc) is 2.87. The predicted octanol–water partition coefficient (Wildman–Crippen LogP) is 4.28. The van der Waals surface area contributed by atoms with Crippen molar-refractivity contribution in [2.45, 2.75) is 20.8 Å². The lowest BCUT2D eigenvalue weighted by molar-refractivity contribution is -0.134. The van der Waals surface area contributed by atoms with Crippen molar-refractivity contribution in [3.05, 3.63) is 47.8 Å². The number of phenols is 1. The van der Waals surface area contributed by atoms with E-state index in [9.17, 15) is 5.11 Å². The lowest BCUT2D eigenvalue weighted by Gasteiger charge is -2.06. The van der Waals surface area contributed by atoms with Crippen LogP contribution in [0.15, 0.2) is 36.5 Å². The SMILES string of the molecule is CC(=O)O.Cc1[nH]ccc2c(C)c3nc4ccc(O)cc4c3cc12. The maximum atomic E-state index is 9.71. The monoisotopic (exact) mass is 322 g/mol. The van der Waals surface area contributed by atoms with Crippen LogP contribution in [0.2, 0.25) is 0 Å². The number of aromatic nitrogens is 2. The minimum Gasteiger partial charge on any atom is -0.508 e. The number of carbonyl (C=O) groups is 1. The van der Waals surface area contributed by atoms with Crippen molar-refractivity contribution in [1.29, 1.82) is 0 Å². The summed E-state index contributed by atoms with van der Waals surface area (Å²) < 4.78 is 0. The highest BCUT2D eigenvalue weighted by Crippen LogP contribution is 2.34. The van der Waals surface area contributed by atoms with E-state index in [1.165, 1.54) is 16.3 Å². The lowest BCUT2D eigenvalue weighted by atomic mass is 10.0. The third kappa shape index (κ3) is 2.65. The number of nitrogens with zero attached hydrogens (tertiary/aromatic N) is 1. The first kappa shape index (κ1) is 15.8. The number of fused-ring (bicyclic) bond motifs is 4. The second-order valence-electron chi connectivity index (χ2n) is 5.79. The van der Waals surface area contributed by atoms with Crippen molar-refractivity contribution in [3.63, 3.8) is 0 Å². The average molecular weight is 322 g/mol. The highest BCUT2D eigenvalue weighted by molar-refractivity contribution is 6.14. The minimum absolute atomic E-state index is 0.279. The number of nitrogens with one attached hydrogen (secondary N) is 1. The molecule has 0 spiro atoms. The summed E-state index contributed by atoms with van der Waals surface area (Å²) in [6.07, 6.45) is 1.96. The van der Waals surface area contributed by atoms with Gasteiger partial charge in [0, 0.05) is 35.0 Å². The third-order valence-corrected chi connectivity index (χ3v) is 4.05. The van der Waals surface area contributed by atoms with E-state index in [1.807, 2.05) is 12.3 Å². The van der Waals surface area contributed by atoms with E-state index >= 15 is 0 Å². The molecular weight excluding hydrogens is 304 g/mol. The summed E-state index contributed by atoms with van der Waals surface area (Å²) in [6.45, 7) is 5.26. The second kappa shape index (κ2) is 5.85. The van der Waals surface area contributed by atoms with Crippen molar-refractivity contribution in [2.75, 3.05) is 0 Å². The van der Waals surface area contributed by atoms with Gasteiger partial charge in [-0.1, -0.05) is 0 Å². The molecule has 0 aliphatic heterocycles. The van der Waals surface area contributed by atoms with Gasteiger partial charge in [0.05, 0.1) is 11.0 Å². The van der Waals surface area contributed by atoms with Gasteiger partial charge in [-0.3, -0.25) is 4.79 Å². The van der Waals surface area contributed by atoms with Crippen LogP contribution in [0, 0.1) is 13.8 Å². The van der Waals surface area contributed by atoms with E-state index in [1.54, 1.807) is 12.1 Å². The molecule has 0 fully saturated rings. The molecule has 4 aromatic rings. The maximum Gasteiger partial charge on any atom is 0.300 e. The number of hydrogen-bond donors (Lipinski definition) is 3. The first-order chi connectivity index (χ1) is 11.4. The van der Waals surface area contributed by atoms with Crippen LogP contribution < -0.4 is 0 Å². The van der Waals surface area contributed by atoms with Gasteiger partial charge in [-0.25, -0.2) is 4.98 Å². The van der Waals surface area contributed by atoms with Crippen molar-refractivity contribution < 1.29 is 15.0 Å². The smallest absolute Gasteiger partial charge is 0.300 e. The number of carboxylic acid groups (broad SMARTS) is 1. The molecule has 0 saturated carbocycles. The van der Waals surface area contributed by atoms with Crippen LogP contribution >= 0.6 is 0 Å². The number of aliphatic carboxylic acids is 1. The zero-order chi connectivity index (χ0) is 17.4. The fourth-order valence-electron chi connectivity index (χ4n) is 2.98. The Labute approximate surface area is 138 Å². The summed E-state index contributed by atoms with van der Waals surface area (Å²) in [5.41, 5.74) is 4.27. The molecule has 2 aromatic carbocycles. The summed E-state index contributed by atoms with van der Waals surface area (Å²) in [5.74, 6) is -0.555. The molecule has 122 valence electrons. The van der Waals surface area contributed by atoms with Crippen LogP contribution in [0.3, 0.4) is 0 Å².